The molecule has 0 aromatic rings. The van der Waals surface area contributed by atoms with Gasteiger partial charge in [-0.3, -0.25) is 4.79 Å². The maximum atomic E-state index is 9.98. The van der Waals surface area contributed by atoms with Crippen molar-refractivity contribution in [2.24, 2.45) is 0 Å². The van der Waals surface area contributed by atoms with E-state index in [1.54, 1.807) is 0 Å². The van der Waals surface area contributed by atoms with Crippen LogP contribution in [0.2, 0.25) is 0 Å². The summed E-state index contributed by atoms with van der Waals surface area (Å²) in [6, 6.07) is 0. The van der Waals surface area contributed by atoms with Crippen LogP contribution in [0, 0.1) is 0 Å². The summed E-state index contributed by atoms with van der Waals surface area (Å²) in [4.78, 5) is 16.8. The predicted molar refractivity (Wildman–Crippen MR) is 38.2 cm³/mol. The molecule has 0 aliphatic rings. The Morgan fingerprint density at radius 1 is 1.50 bits per heavy atom. The Bertz CT molecular complexity index is 109. The first-order valence-corrected chi connectivity index (χ1v) is 2.66. The van der Waals surface area contributed by atoms with E-state index < -0.39 is 0 Å². The summed E-state index contributed by atoms with van der Waals surface area (Å²) >= 11 is 0. The van der Waals surface area contributed by atoms with Crippen molar-refractivity contribution in [1.29, 1.82) is 0 Å². The van der Waals surface area contributed by atoms with Gasteiger partial charge in [0, 0.05) is 0 Å². The Kier molecular flexibility index (Phi) is 19.3. The fraction of sp³-hybridized carbons (Fsp3) is 0.400. The van der Waals surface area contributed by atoms with Gasteiger partial charge in [0.15, 0.2) is 5.78 Å². The van der Waals surface area contributed by atoms with Crippen molar-refractivity contribution in [2.45, 2.75) is 13.8 Å². The first-order chi connectivity index (χ1) is 4.13. The molecule has 0 aromatic heterocycles. The third-order valence-electron chi connectivity index (χ3n) is 0.407. The van der Waals surface area contributed by atoms with Crippen molar-refractivity contribution < 1.29 is 14.7 Å². The molecule has 1 N–H and O–H groups in total. The molecule has 0 saturated heterocycles. The minimum atomic E-state index is -0.187. The second-order valence-electron chi connectivity index (χ2n) is 1.37. The summed E-state index contributed by atoms with van der Waals surface area (Å²) in [6.45, 7) is 2.70. The largest absolute Gasteiger partial charge is 3.00 e. The molecular formula is C5H8AlO3Si+2. The van der Waals surface area contributed by atoms with Gasteiger partial charge in [-0.1, -0.05) is 6.92 Å². The quantitative estimate of drug-likeness (QED) is 0.297. The molecule has 3 radical (unpaired) electrons. The fourth-order valence-corrected chi connectivity index (χ4v) is 0.286. The van der Waals surface area contributed by atoms with Crippen LogP contribution in [0.5, 0.6) is 0 Å². The molecule has 10 heavy (non-hydrogen) atoms. The first kappa shape index (κ1) is 16.5. The molecule has 0 aromatic carbocycles. The average Bonchev–Trinajstić information content (AvgIpc) is 1.68. The Hall–Kier alpha value is -0.0806. The van der Waals surface area contributed by atoms with Gasteiger partial charge >= 0.3 is 17.4 Å². The van der Waals surface area contributed by atoms with E-state index in [1.165, 1.54) is 13.8 Å². The van der Waals surface area contributed by atoms with E-state index in [-0.39, 0.29) is 28.9 Å². The fourth-order valence-electron chi connectivity index (χ4n) is 0.286. The molecule has 0 rings (SSSR count). The van der Waals surface area contributed by atoms with Crippen LogP contribution in [0.15, 0.2) is 11.8 Å². The van der Waals surface area contributed by atoms with Crippen LogP contribution in [0.25, 0.3) is 0 Å². The molecule has 0 atom stereocenters. The number of hydrogen-bond donors (Lipinski definition) is 1. The minimum absolute atomic E-state index is 0. The molecular weight excluding hydrogens is 163 g/mol. The van der Waals surface area contributed by atoms with Crippen LogP contribution in [0.4, 0.5) is 0 Å². The van der Waals surface area contributed by atoms with Crippen LogP contribution in [0.3, 0.4) is 0 Å². The van der Waals surface area contributed by atoms with E-state index in [1.807, 2.05) is 10.5 Å². The third-order valence-corrected chi connectivity index (χ3v) is 0.407. The molecule has 0 amide bonds. The number of carbonyl (C=O) groups is 1. The monoisotopic (exact) mass is 171 g/mol. The normalized spacial score (nSPS) is 8.60. The Balaban J connectivity index is -0.000000149. The number of ketones is 1. The van der Waals surface area contributed by atoms with E-state index in [0.717, 1.165) is 6.08 Å². The summed E-state index contributed by atoms with van der Waals surface area (Å²) in [5.74, 6) is -0.375. The summed E-state index contributed by atoms with van der Waals surface area (Å²) in [6.07, 6.45) is 1.06. The van der Waals surface area contributed by atoms with Gasteiger partial charge < -0.3 is 9.90 Å². The Labute approximate surface area is 74.4 Å². The van der Waals surface area contributed by atoms with Crippen molar-refractivity contribution in [3.8, 4) is 0 Å². The number of allylic oxidation sites excluding steroid dienone is 2. The van der Waals surface area contributed by atoms with E-state index in [4.69, 9.17) is 4.80 Å². The molecule has 0 aliphatic carbocycles. The second kappa shape index (κ2) is 11.7. The zero-order valence-electron chi connectivity index (χ0n) is 5.92. The first-order valence-electron chi connectivity index (χ1n) is 2.21. The van der Waals surface area contributed by atoms with Gasteiger partial charge in [0.25, 0.3) is 0 Å². The summed E-state index contributed by atoms with van der Waals surface area (Å²) in [5, 5.41) is 9.98. The van der Waals surface area contributed by atoms with E-state index in [0.29, 0.717) is 0 Å². The van der Waals surface area contributed by atoms with Crippen molar-refractivity contribution >= 4 is 33.6 Å². The Morgan fingerprint density at radius 3 is 1.80 bits per heavy atom. The molecule has 0 bridgehead atoms. The second-order valence-corrected chi connectivity index (χ2v) is 1.37. The molecule has 0 heterocycles. The Morgan fingerprint density at radius 2 is 1.80 bits per heavy atom. The molecule has 0 aliphatic heterocycles. The van der Waals surface area contributed by atoms with Gasteiger partial charge in [-0.2, -0.15) is 0 Å². The van der Waals surface area contributed by atoms with Crippen LogP contribution in [-0.2, 0) is 4.79 Å². The van der Waals surface area contributed by atoms with Crippen LogP contribution in [-0.4, -0.2) is 38.4 Å². The summed E-state index contributed by atoms with van der Waals surface area (Å²) in [5.41, 5.74) is 0. The van der Waals surface area contributed by atoms with E-state index >= 15 is 0 Å². The van der Waals surface area contributed by atoms with Gasteiger partial charge in [0.1, 0.15) is 0 Å². The maximum absolute atomic E-state index is 9.98. The third kappa shape index (κ3) is 24.7. The van der Waals surface area contributed by atoms with Gasteiger partial charge in [0.05, 0.1) is 0 Å². The van der Waals surface area contributed by atoms with Crippen molar-refractivity contribution in [3.63, 3.8) is 0 Å². The van der Waals surface area contributed by atoms with Crippen LogP contribution >= 0.6 is 0 Å². The van der Waals surface area contributed by atoms with Gasteiger partial charge in [-0.15, -0.1) is 5.76 Å². The number of hydrogen-bond acceptors (Lipinski definition) is 3. The minimum Gasteiger partial charge on any atom is -0.876 e. The molecule has 0 saturated carbocycles. The van der Waals surface area contributed by atoms with Crippen molar-refractivity contribution in [3.05, 3.63) is 11.8 Å². The van der Waals surface area contributed by atoms with Gasteiger partial charge in [0.2, 0.25) is 10.5 Å². The molecule has 3 nitrogen and oxygen atoms in total. The standard InChI is InChI=1S/C5H8O2.Al.HOSi/c1-4(6)3-5(2)7;;1-2/h3,6H,1-2H3;;1H/q;+3;/p-1/b4-3-;;. The average molecular weight is 171 g/mol. The van der Waals surface area contributed by atoms with Crippen molar-refractivity contribution in [2.75, 3.05) is 0 Å². The van der Waals surface area contributed by atoms with Crippen LogP contribution < -0.4 is 5.11 Å². The van der Waals surface area contributed by atoms with Crippen LogP contribution in [0.1, 0.15) is 13.8 Å². The zero-order valence-corrected chi connectivity index (χ0v) is 8.07. The number of carbonyl (C=O) groups excluding carboxylic acids is 1. The molecule has 0 fully saturated rings. The maximum Gasteiger partial charge on any atom is 3.00 e. The summed E-state index contributed by atoms with van der Waals surface area (Å²) in [7, 11) is 1.97. The zero-order chi connectivity index (χ0) is 7.86. The van der Waals surface area contributed by atoms with E-state index in [9.17, 15) is 9.90 Å². The predicted octanol–water partition coefficient (Wildman–Crippen LogP) is -1.48. The summed E-state index contributed by atoms with van der Waals surface area (Å²) < 4.78 is 0. The van der Waals surface area contributed by atoms with Gasteiger partial charge in [-0.25, -0.2) is 0 Å². The topological polar surface area (TPSA) is 60.4 Å². The molecule has 0 spiro atoms. The SMILES string of the molecule is CC(=O)/C=C(/C)[O-].O[Si].[Al+3]. The molecule has 5 heteroatoms. The smallest absolute Gasteiger partial charge is 0.876 e. The number of rotatable bonds is 1. The van der Waals surface area contributed by atoms with E-state index in [2.05, 4.69) is 0 Å². The molecule has 51 valence electrons. The van der Waals surface area contributed by atoms with Gasteiger partial charge in [-0.05, 0) is 13.0 Å². The van der Waals surface area contributed by atoms with Crippen molar-refractivity contribution in [1.82, 2.24) is 0 Å². The molecule has 0 unspecified atom stereocenters.